The van der Waals surface area contributed by atoms with Gasteiger partial charge in [-0.15, -0.1) is 0 Å². The van der Waals surface area contributed by atoms with Gasteiger partial charge in [0, 0.05) is 32.1 Å². The SMILES string of the molecule is CCCC(c1noc(C(CC)CC)n1)N1CCNCC1. The lowest BCUT2D eigenvalue weighted by Gasteiger charge is -2.33. The smallest absolute Gasteiger partial charge is 0.229 e. The van der Waals surface area contributed by atoms with Crippen LogP contribution in [0.5, 0.6) is 0 Å². The van der Waals surface area contributed by atoms with Crippen LogP contribution in [0.25, 0.3) is 0 Å². The summed E-state index contributed by atoms with van der Waals surface area (Å²) in [6.45, 7) is 10.8. The zero-order valence-electron chi connectivity index (χ0n) is 13.1. The summed E-state index contributed by atoms with van der Waals surface area (Å²) in [5.74, 6) is 2.11. The summed E-state index contributed by atoms with van der Waals surface area (Å²) in [6.07, 6.45) is 4.36. The highest BCUT2D eigenvalue weighted by Crippen LogP contribution is 2.27. The molecule has 1 aromatic heterocycles. The molecule has 0 bridgehead atoms. The van der Waals surface area contributed by atoms with Gasteiger partial charge in [-0.05, 0) is 19.3 Å². The minimum atomic E-state index is 0.314. The average molecular weight is 280 g/mol. The molecule has 1 fully saturated rings. The van der Waals surface area contributed by atoms with Gasteiger partial charge < -0.3 is 9.84 Å². The van der Waals surface area contributed by atoms with Gasteiger partial charge in [-0.3, -0.25) is 4.90 Å². The van der Waals surface area contributed by atoms with Gasteiger partial charge in [0.1, 0.15) is 0 Å². The van der Waals surface area contributed by atoms with Gasteiger partial charge in [0.05, 0.1) is 6.04 Å². The predicted molar refractivity (Wildman–Crippen MR) is 79.7 cm³/mol. The van der Waals surface area contributed by atoms with Gasteiger partial charge in [0.2, 0.25) is 5.89 Å². The van der Waals surface area contributed by atoms with Crippen molar-refractivity contribution in [3.05, 3.63) is 11.7 Å². The molecule has 2 heterocycles. The Hall–Kier alpha value is -0.940. The molecule has 0 amide bonds. The second kappa shape index (κ2) is 7.74. The Balaban J connectivity index is 2.12. The second-order valence-corrected chi connectivity index (χ2v) is 5.59. The molecule has 0 aromatic carbocycles. The zero-order chi connectivity index (χ0) is 14.4. The standard InChI is InChI=1S/C15H28N4O/c1-4-7-13(19-10-8-16-9-11-19)14-17-15(20-18-14)12(5-2)6-3/h12-13,16H,4-11H2,1-3H3. The normalized spacial score (nSPS) is 18.6. The molecule has 1 N–H and O–H groups in total. The van der Waals surface area contributed by atoms with Crippen LogP contribution >= 0.6 is 0 Å². The van der Waals surface area contributed by atoms with E-state index in [0.717, 1.165) is 63.6 Å². The first-order valence-corrected chi connectivity index (χ1v) is 8.08. The van der Waals surface area contributed by atoms with E-state index in [-0.39, 0.29) is 0 Å². The molecule has 1 saturated heterocycles. The van der Waals surface area contributed by atoms with Crippen molar-refractivity contribution in [2.75, 3.05) is 26.2 Å². The number of aromatic nitrogens is 2. The van der Waals surface area contributed by atoms with Crippen LogP contribution < -0.4 is 5.32 Å². The van der Waals surface area contributed by atoms with Crippen LogP contribution in [0, 0.1) is 0 Å². The van der Waals surface area contributed by atoms with Crippen molar-refractivity contribution in [1.29, 1.82) is 0 Å². The molecule has 5 heteroatoms. The Morgan fingerprint density at radius 2 is 1.90 bits per heavy atom. The van der Waals surface area contributed by atoms with Gasteiger partial charge in [0.15, 0.2) is 5.82 Å². The second-order valence-electron chi connectivity index (χ2n) is 5.59. The maximum absolute atomic E-state index is 5.52. The highest BCUT2D eigenvalue weighted by Gasteiger charge is 2.26. The third-order valence-corrected chi connectivity index (χ3v) is 4.24. The molecule has 1 aliphatic heterocycles. The summed E-state index contributed by atoms with van der Waals surface area (Å²) in [4.78, 5) is 7.19. The summed E-state index contributed by atoms with van der Waals surface area (Å²) >= 11 is 0. The molecule has 0 aliphatic carbocycles. The number of nitrogens with zero attached hydrogens (tertiary/aromatic N) is 3. The lowest BCUT2D eigenvalue weighted by atomic mass is 10.0. The van der Waals surface area contributed by atoms with Crippen molar-refractivity contribution >= 4 is 0 Å². The van der Waals surface area contributed by atoms with E-state index in [1.807, 2.05) is 0 Å². The zero-order valence-corrected chi connectivity index (χ0v) is 13.1. The van der Waals surface area contributed by atoms with Crippen LogP contribution in [0.4, 0.5) is 0 Å². The van der Waals surface area contributed by atoms with Gasteiger partial charge >= 0.3 is 0 Å². The van der Waals surface area contributed by atoms with Crippen molar-refractivity contribution in [2.24, 2.45) is 0 Å². The number of hydrogen-bond acceptors (Lipinski definition) is 5. The van der Waals surface area contributed by atoms with Crippen molar-refractivity contribution in [3.8, 4) is 0 Å². The first kappa shape index (κ1) is 15.4. The van der Waals surface area contributed by atoms with Crippen molar-refractivity contribution in [3.63, 3.8) is 0 Å². The molecule has 1 unspecified atom stereocenters. The third-order valence-electron chi connectivity index (χ3n) is 4.24. The van der Waals surface area contributed by atoms with Gasteiger partial charge in [-0.1, -0.05) is 32.3 Å². The molecule has 1 aromatic rings. The maximum Gasteiger partial charge on any atom is 0.229 e. The number of rotatable bonds is 7. The van der Waals surface area contributed by atoms with E-state index >= 15 is 0 Å². The Morgan fingerprint density at radius 3 is 2.50 bits per heavy atom. The van der Waals surface area contributed by atoms with Crippen LogP contribution in [0.1, 0.15) is 70.1 Å². The lowest BCUT2D eigenvalue weighted by Crippen LogP contribution is -2.45. The maximum atomic E-state index is 5.52. The van der Waals surface area contributed by atoms with E-state index in [9.17, 15) is 0 Å². The fourth-order valence-corrected chi connectivity index (χ4v) is 2.93. The van der Waals surface area contributed by atoms with Crippen molar-refractivity contribution in [1.82, 2.24) is 20.4 Å². The molecular formula is C15H28N4O. The molecule has 1 aliphatic rings. The minimum absolute atomic E-state index is 0.314. The van der Waals surface area contributed by atoms with Gasteiger partial charge in [-0.2, -0.15) is 4.98 Å². The molecule has 114 valence electrons. The number of hydrogen-bond donors (Lipinski definition) is 1. The molecule has 0 spiro atoms. The van der Waals surface area contributed by atoms with Gasteiger partial charge in [-0.25, -0.2) is 0 Å². The van der Waals surface area contributed by atoms with Crippen molar-refractivity contribution < 1.29 is 4.52 Å². The topological polar surface area (TPSA) is 54.2 Å². The first-order valence-electron chi connectivity index (χ1n) is 8.08. The van der Waals surface area contributed by atoms with Crippen molar-refractivity contribution in [2.45, 2.75) is 58.4 Å². The molecule has 20 heavy (non-hydrogen) atoms. The Labute approximate surface area is 122 Å². The molecule has 2 rings (SSSR count). The van der Waals surface area contributed by atoms with Crippen LogP contribution in [0.15, 0.2) is 4.52 Å². The van der Waals surface area contributed by atoms with E-state index < -0.39 is 0 Å². The third kappa shape index (κ3) is 3.58. The average Bonchev–Trinajstić information content (AvgIpc) is 2.96. The summed E-state index contributed by atoms with van der Waals surface area (Å²) in [5.41, 5.74) is 0. The Bertz CT molecular complexity index is 383. The number of nitrogens with one attached hydrogen (secondary N) is 1. The van der Waals surface area contributed by atoms with E-state index in [4.69, 9.17) is 9.51 Å². The minimum Gasteiger partial charge on any atom is -0.339 e. The largest absolute Gasteiger partial charge is 0.339 e. The highest BCUT2D eigenvalue weighted by molar-refractivity contribution is 4.99. The fourth-order valence-electron chi connectivity index (χ4n) is 2.93. The van der Waals surface area contributed by atoms with E-state index in [1.165, 1.54) is 0 Å². The quantitative estimate of drug-likeness (QED) is 0.832. The molecule has 0 radical (unpaired) electrons. The predicted octanol–water partition coefficient (Wildman–Crippen LogP) is 2.72. The summed E-state index contributed by atoms with van der Waals surface area (Å²) in [7, 11) is 0. The molecule has 5 nitrogen and oxygen atoms in total. The van der Waals surface area contributed by atoms with E-state index in [2.05, 4.69) is 36.1 Å². The van der Waals surface area contributed by atoms with E-state index in [1.54, 1.807) is 0 Å². The molecular weight excluding hydrogens is 252 g/mol. The van der Waals surface area contributed by atoms with Gasteiger partial charge in [0.25, 0.3) is 0 Å². The molecule has 0 saturated carbocycles. The van der Waals surface area contributed by atoms with E-state index in [0.29, 0.717) is 12.0 Å². The first-order chi connectivity index (χ1) is 9.80. The summed E-state index contributed by atoms with van der Waals surface area (Å²) in [6, 6.07) is 0.314. The van der Waals surface area contributed by atoms with Crippen LogP contribution in [0.3, 0.4) is 0 Å². The summed E-state index contributed by atoms with van der Waals surface area (Å²) < 4.78 is 5.52. The Kier molecular flexibility index (Phi) is 5.98. The molecule has 1 atom stereocenters. The number of piperazine rings is 1. The Morgan fingerprint density at radius 1 is 1.20 bits per heavy atom. The van der Waals surface area contributed by atoms with Crippen LogP contribution in [-0.4, -0.2) is 41.2 Å². The highest BCUT2D eigenvalue weighted by atomic mass is 16.5. The summed E-state index contributed by atoms with van der Waals surface area (Å²) in [5, 5.41) is 7.68. The monoisotopic (exact) mass is 280 g/mol. The van der Waals surface area contributed by atoms with Crippen LogP contribution in [-0.2, 0) is 0 Å². The van der Waals surface area contributed by atoms with Crippen LogP contribution in [0.2, 0.25) is 0 Å². The fraction of sp³-hybridized carbons (Fsp3) is 0.867. The lowest BCUT2D eigenvalue weighted by molar-refractivity contribution is 0.155.